The van der Waals surface area contributed by atoms with Crippen molar-refractivity contribution < 1.29 is 19.8 Å². The number of carbonyl (C=O) groups excluding carboxylic acids is 1. The normalized spacial score (nSPS) is 21.7. The van der Waals surface area contributed by atoms with E-state index in [2.05, 4.69) is 5.32 Å². The second-order valence-electron chi connectivity index (χ2n) is 5.53. The molecule has 6 heteroatoms. The predicted octanol–water partition coefficient (Wildman–Crippen LogP) is 0.940. The van der Waals surface area contributed by atoms with Gasteiger partial charge in [-0.3, -0.25) is 0 Å². The lowest BCUT2D eigenvalue weighted by Gasteiger charge is -2.40. The molecule has 0 aliphatic heterocycles. The molecule has 2 fully saturated rings. The van der Waals surface area contributed by atoms with Gasteiger partial charge in [0, 0.05) is 12.6 Å². The summed E-state index contributed by atoms with van der Waals surface area (Å²) >= 11 is 0. The van der Waals surface area contributed by atoms with Crippen molar-refractivity contribution in [2.75, 3.05) is 13.2 Å². The largest absolute Gasteiger partial charge is 0.480 e. The van der Waals surface area contributed by atoms with Gasteiger partial charge in [-0.15, -0.1) is 0 Å². The number of carboxylic acids is 1. The number of nitrogens with one attached hydrogen (secondary N) is 1. The van der Waals surface area contributed by atoms with E-state index in [0.29, 0.717) is 12.8 Å². The first-order valence-electron chi connectivity index (χ1n) is 7.02. The highest BCUT2D eigenvalue weighted by atomic mass is 16.4. The summed E-state index contributed by atoms with van der Waals surface area (Å²) in [4.78, 5) is 25.1. The third-order valence-corrected chi connectivity index (χ3v) is 4.33. The molecule has 3 N–H and O–H groups in total. The molecule has 0 atom stereocenters. The first-order chi connectivity index (χ1) is 9.09. The van der Waals surface area contributed by atoms with Crippen LogP contribution in [0.2, 0.25) is 0 Å². The first-order valence-corrected chi connectivity index (χ1v) is 7.02. The molecule has 6 nitrogen and oxygen atoms in total. The van der Waals surface area contributed by atoms with E-state index in [0.717, 1.165) is 32.1 Å². The fraction of sp³-hybridized carbons (Fsp3) is 0.846. The molecule has 0 aromatic rings. The number of nitrogens with zero attached hydrogens (tertiary/aromatic N) is 1. The summed E-state index contributed by atoms with van der Waals surface area (Å²) in [5.74, 6) is -0.956. The van der Waals surface area contributed by atoms with Crippen molar-refractivity contribution in [2.45, 2.75) is 56.5 Å². The number of rotatable bonds is 5. The van der Waals surface area contributed by atoms with E-state index in [1.54, 1.807) is 4.90 Å². The van der Waals surface area contributed by atoms with Crippen LogP contribution in [0.4, 0.5) is 4.79 Å². The zero-order chi connectivity index (χ0) is 13.9. The summed E-state index contributed by atoms with van der Waals surface area (Å²) in [6.07, 6.45) is 5.86. The van der Waals surface area contributed by atoms with Crippen LogP contribution in [0.25, 0.3) is 0 Å². The van der Waals surface area contributed by atoms with Gasteiger partial charge in [0.05, 0.1) is 6.61 Å². The van der Waals surface area contributed by atoms with Gasteiger partial charge in [0.1, 0.15) is 5.54 Å². The molecule has 0 heterocycles. The van der Waals surface area contributed by atoms with Gasteiger partial charge in [0.15, 0.2) is 0 Å². The maximum atomic E-state index is 12.3. The van der Waals surface area contributed by atoms with Crippen molar-refractivity contribution in [1.82, 2.24) is 10.2 Å². The van der Waals surface area contributed by atoms with Crippen LogP contribution >= 0.6 is 0 Å². The maximum absolute atomic E-state index is 12.3. The Hall–Kier alpha value is -1.30. The summed E-state index contributed by atoms with van der Waals surface area (Å²) < 4.78 is 0. The van der Waals surface area contributed by atoms with Crippen LogP contribution in [0.3, 0.4) is 0 Å². The summed E-state index contributed by atoms with van der Waals surface area (Å²) in [5.41, 5.74) is -1.08. The van der Waals surface area contributed by atoms with E-state index >= 15 is 0 Å². The smallest absolute Gasteiger partial charge is 0.329 e. The topological polar surface area (TPSA) is 89.9 Å². The lowest BCUT2D eigenvalue weighted by atomic mass is 9.77. The Morgan fingerprint density at radius 2 is 1.84 bits per heavy atom. The Morgan fingerprint density at radius 3 is 2.26 bits per heavy atom. The van der Waals surface area contributed by atoms with Crippen LogP contribution in [0.5, 0.6) is 0 Å². The van der Waals surface area contributed by atoms with Gasteiger partial charge >= 0.3 is 12.0 Å². The number of carbonyl (C=O) groups is 2. The Bertz CT molecular complexity index is 349. The second-order valence-corrected chi connectivity index (χ2v) is 5.53. The van der Waals surface area contributed by atoms with Gasteiger partial charge in [-0.1, -0.05) is 12.8 Å². The molecular formula is C13H22N2O4. The molecule has 0 radical (unpaired) electrons. The minimum absolute atomic E-state index is 0.0933. The predicted molar refractivity (Wildman–Crippen MR) is 68.8 cm³/mol. The lowest BCUT2D eigenvalue weighted by molar-refractivity contribution is -0.148. The maximum Gasteiger partial charge on any atom is 0.329 e. The average Bonchev–Trinajstić information content (AvgIpc) is 2.83. The summed E-state index contributed by atoms with van der Waals surface area (Å²) in [7, 11) is 0. The number of hydrogen-bond donors (Lipinski definition) is 3. The molecule has 2 amide bonds. The monoisotopic (exact) mass is 270 g/mol. The zero-order valence-corrected chi connectivity index (χ0v) is 11.1. The van der Waals surface area contributed by atoms with E-state index in [-0.39, 0.29) is 25.2 Å². The Kier molecular flexibility index (Phi) is 4.29. The van der Waals surface area contributed by atoms with Gasteiger partial charge in [-0.2, -0.15) is 0 Å². The van der Waals surface area contributed by atoms with Crippen LogP contribution in [0.15, 0.2) is 0 Å². The van der Waals surface area contributed by atoms with E-state index in [1.165, 1.54) is 0 Å². The number of hydrogen-bond acceptors (Lipinski definition) is 3. The van der Waals surface area contributed by atoms with Gasteiger partial charge in [0.25, 0.3) is 0 Å². The van der Waals surface area contributed by atoms with E-state index in [9.17, 15) is 14.7 Å². The molecular weight excluding hydrogens is 248 g/mol. The number of aliphatic hydroxyl groups excluding tert-OH is 1. The first kappa shape index (κ1) is 14.1. The average molecular weight is 270 g/mol. The lowest BCUT2D eigenvalue weighted by Crippen LogP contribution is -2.62. The Morgan fingerprint density at radius 1 is 1.21 bits per heavy atom. The van der Waals surface area contributed by atoms with E-state index < -0.39 is 11.5 Å². The summed E-state index contributed by atoms with van der Waals surface area (Å²) in [6.45, 7) is 0.177. The van der Waals surface area contributed by atoms with E-state index in [1.807, 2.05) is 0 Å². The number of urea groups is 1. The standard InChI is InChI=1S/C13H22N2O4/c16-9-8-15(10-4-1-2-5-10)12(19)14-13(11(17)18)6-3-7-13/h10,16H,1-9H2,(H,14,19)(H,17,18). The molecule has 2 aliphatic carbocycles. The van der Waals surface area contributed by atoms with Crippen LogP contribution < -0.4 is 5.32 Å². The fourth-order valence-corrected chi connectivity index (χ4v) is 2.97. The molecule has 0 aromatic heterocycles. The van der Waals surface area contributed by atoms with Crippen LogP contribution in [0, 0.1) is 0 Å². The molecule has 0 spiro atoms. The number of amides is 2. The van der Waals surface area contributed by atoms with Gasteiger partial charge in [0.2, 0.25) is 0 Å². The van der Waals surface area contributed by atoms with Crippen molar-refractivity contribution in [2.24, 2.45) is 0 Å². The van der Waals surface area contributed by atoms with Crippen molar-refractivity contribution in [3.8, 4) is 0 Å². The molecule has 0 unspecified atom stereocenters. The SMILES string of the molecule is O=C(NC1(C(=O)O)CCC1)N(CCO)C1CCCC1. The quantitative estimate of drug-likeness (QED) is 0.693. The minimum atomic E-state index is -1.08. The molecule has 2 rings (SSSR count). The summed E-state index contributed by atoms with van der Waals surface area (Å²) in [5, 5.41) is 21.0. The number of aliphatic hydroxyl groups is 1. The fourth-order valence-electron chi connectivity index (χ4n) is 2.97. The molecule has 108 valence electrons. The highest BCUT2D eigenvalue weighted by molar-refractivity contribution is 5.87. The molecule has 0 aromatic carbocycles. The van der Waals surface area contributed by atoms with Crippen molar-refractivity contribution in [3.05, 3.63) is 0 Å². The number of aliphatic carboxylic acids is 1. The van der Waals surface area contributed by atoms with E-state index in [4.69, 9.17) is 5.11 Å². The molecule has 2 saturated carbocycles. The van der Waals surface area contributed by atoms with Crippen molar-refractivity contribution in [1.29, 1.82) is 0 Å². The Labute approximate surface area is 112 Å². The molecule has 0 bridgehead atoms. The highest BCUT2D eigenvalue weighted by Crippen LogP contribution is 2.33. The Balaban J connectivity index is 2.00. The number of carboxylic acid groups (broad SMARTS) is 1. The zero-order valence-electron chi connectivity index (χ0n) is 11.1. The van der Waals surface area contributed by atoms with Gasteiger partial charge < -0.3 is 20.4 Å². The van der Waals surface area contributed by atoms with Crippen molar-refractivity contribution >= 4 is 12.0 Å². The van der Waals surface area contributed by atoms with Gasteiger partial charge in [-0.05, 0) is 32.1 Å². The van der Waals surface area contributed by atoms with Crippen molar-refractivity contribution in [3.63, 3.8) is 0 Å². The van der Waals surface area contributed by atoms with Gasteiger partial charge in [-0.25, -0.2) is 9.59 Å². The third-order valence-electron chi connectivity index (χ3n) is 4.33. The summed E-state index contributed by atoms with van der Waals surface area (Å²) in [6, 6.07) is -0.207. The minimum Gasteiger partial charge on any atom is -0.480 e. The second kappa shape index (κ2) is 5.77. The molecule has 0 saturated heterocycles. The van der Waals surface area contributed by atoms with Crippen LogP contribution in [-0.2, 0) is 4.79 Å². The van der Waals surface area contributed by atoms with Crippen LogP contribution in [-0.4, -0.2) is 51.8 Å². The third kappa shape index (κ3) is 2.83. The van der Waals surface area contributed by atoms with Crippen LogP contribution in [0.1, 0.15) is 44.9 Å². The molecule has 19 heavy (non-hydrogen) atoms. The highest BCUT2D eigenvalue weighted by Gasteiger charge is 2.46. The molecule has 2 aliphatic rings.